The molecule has 0 aliphatic carbocycles. The Hall–Kier alpha value is -3.61. The smallest absolute Gasteiger partial charge is 0.387 e. The van der Waals surface area contributed by atoms with Crippen molar-refractivity contribution >= 4 is 22.4 Å². The molecule has 0 atom stereocenters. The van der Waals surface area contributed by atoms with Crippen molar-refractivity contribution in [1.82, 2.24) is 15.0 Å². The highest BCUT2D eigenvalue weighted by molar-refractivity contribution is 5.94. The second-order valence-corrected chi connectivity index (χ2v) is 6.14. The number of alkyl halides is 2. The zero-order chi connectivity index (χ0) is 19.5. The summed E-state index contributed by atoms with van der Waals surface area (Å²) in [5, 5.41) is 4.03. The minimum absolute atomic E-state index is 0.0713. The summed E-state index contributed by atoms with van der Waals surface area (Å²) in [6.07, 6.45) is 3.38. The standard InChI is InChI=1S/C21H16F2N4O/c1-13-5-2-9-17-18(13)26-19(14-6-4-10-24-12-14)27-20(17)25-15-7-3-8-16(11-15)28-21(22)23/h2-12,21H,1H3,(H,25,26,27). The molecule has 5 nitrogen and oxygen atoms in total. The van der Waals surface area contributed by atoms with Gasteiger partial charge in [0.05, 0.1) is 5.52 Å². The van der Waals surface area contributed by atoms with Gasteiger partial charge in [-0.1, -0.05) is 18.2 Å². The Labute approximate surface area is 160 Å². The quantitative estimate of drug-likeness (QED) is 0.508. The second kappa shape index (κ2) is 7.56. The first-order valence-corrected chi connectivity index (χ1v) is 8.60. The fraction of sp³-hybridized carbons (Fsp3) is 0.0952. The molecule has 0 aliphatic heterocycles. The number of halogens is 2. The number of benzene rings is 2. The van der Waals surface area contributed by atoms with Crippen LogP contribution >= 0.6 is 0 Å². The molecule has 0 amide bonds. The second-order valence-electron chi connectivity index (χ2n) is 6.14. The minimum Gasteiger partial charge on any atom is -0.435 e. The van der Waals surface area contributed by atoms with Gasteiger partial charge in [-0.15, -0.1) is 0 Å². The molecule has 2 aromatic heterocycles. The van der Waals surface area contributed by atoms with Gasteiger partial charge in [-0.05, 0) is 42.8 Å². The van der Waals surface area contributed by atoms with Gasteiger partial charge in [0.2, 0.25) is 0 Å². The van der Waals surface area contributed by atoms with E-state index in [1.807, 2.05) is 37.3 Å². The number of ether oxygens (including phenoxy) is 1. The summed E-state index contributed by atoms with van der Waals surface area (Å²) in [5.74, 6) is 1.17. The highest BCUT2D eigenvalue weighted by Crippen LogP contribution is 2.30. The molecule has 0 saturated carbocycles. The lowest BCUT2D eigenvalue weighted by Gasteiger charge is -2.13. The van der Waals surface area contributed by atoms with Gasteiger partial charge in [0.25, 0.3) is 0 Å². The molecule has 2 heterocycles. The molecule has 0 bridgehead atoms. The molecule has 0 radical (unpaired) electrons. The maximum Gasteiger partial charge on any atom is 0.387 e. The summed E-state index contributed by atoms with van der Waals surface area (Å²) in [6, 6.07) is 15.9. The van der Waals surface area contributed by atoms with Crippen molar-refractivity contribution in [2.45, 2.75) is 13.5 Å². The summed E-state index contributed by atoms with van der Waals surface area (Å²) >= 11 is 0. The molecule has 7 heteroatoms. The lowest BCUT2D eigenvalue weighted by atomic mass is 10.1. The third kappa shape index (κ3) is 3.73. The van der Waals surface area contributed by atoms with Gasteiger partial charge >= 0.3 is 6.61 Å². The van der Waals surface area contributed by atoms with Crippen LogP contribution in [0.4, 0.5) is 20.3 Å². The van der Waals surface area contributed by atoms with Gasteiger partial charge in [-0.3, -0.25) is 4.98 Å². The van der Waals surface area contributed by atoms with E-state index in [0.717, 1.165) is 22.0 Å². The van der Waals surface area contributed by atoms with E-state index in [0.29, 0.717) is 17.3 Å². The van der Waals surface area contributed by atoms with Crippen molar-refractivity contribution in [2.75, 3.05) is 5.32 Å². The average molecular weight is 378 g/mol. The number of pyridine rings is 1. The number of nitrogens with one attached hydrogen (secondary N) is 1. The first-order valence-electron chi connectivity index (χ1n) is 8.60. The summed E-state index contributed by atoms with van der Waals surface area (Å²) in [5.41, 5.74) is 3.17. The molecule has 0 fully saturated rings. The van der Waals surface area contributed by atoms with E-state index in [-0.39, 0.29) is 5.75 Å². The number of anilines is 2. The summed E-state index contributed by atoms with van der Waals surface area (Å²) < 4.78 is 29.5. The van der Waals surface area contributed by atoms with Crippen LogP contribution in [0.1, 0.15) is 5.56 Å². The lowest BCUT2D eigenvalue weighted by Crippen LogP contribution is -2.03. The molecule has 4 aromatic rings. The predicted molar refractivity (Wildman–Crippen MR) is 104 cm³/mol. The van der Waals surface area contributed by atoms with Gasteiger partial charge in [0, 0.05) is 35.1 Å². The maximum absolute atomic E-state index is 12.5. The predicted octanol–water partition coefficient (Wildman–Crippen LogP) is 5.35. The topological polar surface area (TPSA) is 59.9 Å². The first-order chi connectivity index (χ1) is 13.6. The van der Waals surface area contributed by atoms with Gasteiger partial charge < -0.3 is 10.1 Å². The van der Waals surface area contributed by atoms with Crippen LogP contribution in [0, 0.1) is 6.92 Å². The van der Waals surface area contributed by atoms with Gasteiger partial charge in [0.1, 0.15) is 11.6 Å². The van der Waals surface area contributed by atoms with Crippen molar-refractivity contribution in [2.24, 2.45) is 0 Å². The molecule has 1 N–H and O–H groups in total. The van der Waals surface area contributed by atoms with Crippen LogP contribution in [0.5, 0.6) is 5.75 Å². The number of rotatable bonds is 5. The molecule has 0 unspecified atom stereocenters. The van der Waals surface area contributed by atoms with E-state index in [1.54, 1.807) is 24.5 Å². The van der Waals surface area contributed by atoms with Gasteiger partial charge in [-0.2, -0.15) is 8.78 Å². The fourth-order valence-corrected chi connectivity index (χ4v) is 2.90. The van der Waals surface area contributed by atoms with Crippen LogP contribution in [0.3, 0.4) is 0 Å². The molecule has 0 spiro atoms. The molecule has 2 aromatic carbocycles. The number of fused-ring (bicyclic) bond motifs is 1. The minimum atomic E-state index is -2.88. The highest BCUT2D eigenvalue weighted by Gasteiger charge is 2.12. The lowest BCUT2D eigenvalue weighted by molar-refractivity contribution is -0.0497. The van der Waals surface area contributed by atoms with E-state index >= 15 is 0 Å². The van der Waals surface area contributed by atoms with Crippen molar-refractivity contribution in [3.63, 3.8) is 0 Å². The monoisotopic (exact) mass is 378 g/mol. The van der Waals surface area contributed by atoms with Crippen LogP contribution in [-0.2, 0) is 0 Å². The highest BCUT2D eigenvalue weighted by atomic mass is 19.3. The molecule has 4 rings (SSSR count). The van der Waals surface area contributed by atoms with Crippen molar-refractivity contribution in [3.8, 4) is 17.1 Å². The van der Waals surface area contributed by atoms with Crippen LogP contribution in [0.15, 0.2) is 67.0 Å². The third-order valence-corrected chi connectivity index (χ3v) is 4.17. The van der Waals surface area contributed by atoms with Crippen molar-refractivity contribution < 1.29 is 13.5 Å². The van der Waals surface area contributed by atoms with Crippen LogP contribution < -0.4 is 10.1 Å². The van der Waals surface area contributed by atoms with Crippen molar-refractivity contribution in [1.29, 1.82) is 0 Å². The van der Waals surface area contributed by atoms with Crippen LogP contribution in [-0.4, -0.2) is 21.6 Å². The largest absolute Gasteiger partial charge is 0.435 e. The summed E-state index contributed by atoms with van der Waals surface area (Å²) in [7, 11) is 0. The maximum atomic E-state index is 12.5. The van der Waals surface area contributed by atoms with Crippen molar-refractivity contribution in [3.05, 3.63) is 72.6 Å². The SMILES string of the molecule is Cc1cccc2c(Nc3cccc(OC(F)F)c3)nc(-c3cccnc3)nc12. The zero-order valence-corrected chi connectivity index (χ0v) is 14.9. The van der Waals surface area contributed by atoms with Crippen LogP contribution in [0.25, 0.3) is 22.3 Å². The number of nitrogens with zero attached hydrogens (tertiary/aromatic N) is 3. The molecule has 140 valence electrons. The van der Waals surface area contributed by atoms with Gasteiger partial charge in [0.15, 0.2) is 5.82 Å². The molecule has 28 heavy (non-hydrogen) atoms. The number of hydrogen-bond donors (Lipinski definition) is 1. The Kier molecular flexibility index (Phi) is 4.80. The van der Waals surface area contributed by atoms with E-state index in [9.17, 15) is 8.78 Å². The normalized spacial score (nSPS) is 11.0. The number of aryl methyl sites for hydroxylation is 1. The molecular weight excluding hydrogens is 362 g/mol. The average Bonchev–Trinajstić information content (AvgIpc) is 2.69. The Bertz CT molecular complexity index is 1120. The summed E-state index contributed by atoms with van der Waals surface area (Å²) in [6.45, 7) is -0.904. The van der Waals surface area contributed by atoms with E-state index in [4.69, 9.17) is 0 Å². The third-order valence-electron chi connectivity index (χ3n) is 4.17. The number of aromatic nitrogens is 3. The number of hydrogen-bond acceptors (Lipinski definition) is 5. The van der Waals surface area contributed by atoms with E-state index in [2.05, 4.69) is 25.0 Å². The van der Waals surface area contributed by atoms with E-state index < -0.39 is 6.61 Å². The molecular formula is C21H16F2N4O. The van der Waals surface area contributed by atoms with Gasteiger partial charge in [-0.25, -0.2) is 9.97 Å². The van der Waals surface area contributed by atoms with Crippen LogP contribution in [0.2, 0.25) is 0 Å². The summed E-state index contributed by atoms with van der Waals surface area (Å²) in [4.78, 5) is 13.5. The fourth-order valence-electron chi connectivity index (χ4n) is 2.90. The zero-order valence-electron chi connectivity index (χ0n) is 14.9. The Morgan fingerprint density at radius 2 is 1.86 bits per heavy atom. The number of para-hydroxylation sites is 1. The van der Waals surface area contributed by atoms with E-state index in [1.165, 1.54) is 12.1 Å². The molecule has 0 saturated heterocycles. The Morgan fingerprint density at radius 1 is 1.00 bits per heavy atom. The Balaban J connectivity index is 1.81. The Morgan fingerprint density at radius 3 is 2.64 bits per heavy atom. The molecule has 0 aliphatic rings. The first kappa shape index (κ1) is 17.8.